The molecule has 1 N–H and O–H groups in total. The second-order valence-electron chi connectivity index (χ2n) is 5.48. The van der Waals surface area contributed by atoms with Crippen LogP contribution in [0.3, 0.4) is 0 Å². The molecule has 0 spiro atoms. The normalized spacial score (nSPS) is 18.3. The molecule has 1 unspecified atom stereocenters. The lowest BCUT2D eigenvalue weighted by Crippen LogP contribution is -2.24. The first kappa shape index (κ1) is 12.4. The largest absolute Gasteiger partial charge is 0.306 e. The molecule has 100 valence electrons. The molecule has 3 rings (SSSR count). The van der Waals surface area contributed by atoms with E-state index in [0.717, 1.165) is 13.0 Å². The second-order valence-corrected chi connectivity index (χ2v) is 5.48. The van der Waals surface area contributed by atoms with Gasteiger partial charge in [-0.1, -0.05) is 29.8 Å². The molecule has 1 heterocycles. The number of fused-ring (bicyclic) bond motifs is 1. The van der Waals surface area contributed by atoms with Crippen LogP contribution in [0.25, 0.3) is 0 Å². The van der Waals surface area contributed by atoms with Gasteiger partial charge in [0, 0.05) is 30.9 Å². The van der Waals surface area contributed by atoms with Gasteiger partial charge in [0.15, 0.2) is 0 Å². The van der Waals surface area contributed by atoms with Gasteiger partial charge in [-0.25, -0.2) is 0 Å². The average Bonchev–Trinajstić information content (AvgIpc) is 2.81. The van der Waals surface area contributed by atoms with Gasteiger partial charge >= 0.3 is 0 Å². The van der Waals surface area contributed by atoms with Crippen LogP contribution in [0.15, 0.2) is 30.5 Å². The molecule has 1 aromatic carbocycles. The second kappa shape index (κ2) is 5.17. The van der Waals surface area contributed by atoms with E-state index < -0.39 is 0 Å². The van der Waals surface area contributed by atoms with E-state index in [2.05, 4.69) is 41.6 Å². The third-order valence-corrected chi connectivity index (χ3v) is 4.05. The number of benzene rings is 1. The predicted molar refractivity (Wildman–Crippen MR) is 76.9 cm³/mol. The van der Waals surface area contributed by atoms with Crippen molar-refractivity contribution in [1.29, 1.82) is 0 Å². The van der Waals surface area contributed by atoms with Crippen LogP contribution in [0.5, 0.6) is 0 Å². The van der Waals surface area contributed by atoms with E-state index in [1.165, 1.54) is 35.2 Å². The van der Waals surface area contributed by atoms with Gasteiger partial charge in [0.2, 0.25) is 0 Å². The molecule has 1 aliphatic rings. The Morgan fingerprint density at radius 3 is 2.89 bits per heavy atom. The summed E-state index contributed by atoms with van der Waals surface area (Å²) in [6.45, 7) is 3.06. The van der Waals surface area contributed by atoms with Crippen LogP contribution in [0.4, 0.5) is 0 Å². The number of nitrogens with one attached hydrogen (secondary N) is 1. The minimum Gasteiger partial charge on any atom is -0.306 e. The van der Waals surface area contributed by atoms with Crippen molar-refractivity contribution in [2.45, 2.75) is 38.8 Å². The zero-order chi connectivity index (χ0) is 13.2. The van der Waals surface area contributed by atoms with Crippen LogP contribution in [-0.4, -0.2) is 9.78 Å². The van der Waals surface area contributed by atoms with Crippen molar-refractivity contribution in [3.05, 3.63) is 52.8 Å². The fraction of sp³-hybridized carbons (Fsp3) is 0.438. The first-order valence-electron chi connectivity index (χ1n) is 7.04. The van der Waals surface area contributed by atoms with Crippen LogP contribution in [-0.2, 0) is 20.0 Å². The maximum Gasteiger partial charge on any atom is 0.0540 e. The molecule has 19 heavy (non-hydrogen) atoms. The highest BCUT2D eigenvalue weighted by Gasteiger charge is 2.22. The Hall–Kier alpha value is -1.61. The maximum atomic E-state index is 4.39. The molecule has 1 atom stereocenters. The number of hydrogen-bond donors (Lipinski definition) is 1. The molecule has 0 radical (unpaired) electrons. The Labute approximate surface area is 114 Å². The molecule has 3 nitrogen and oxygen atoms in total. The lowest BCUT2D eigenvalue weighted by Gasteiger charge is -2.24. The van der Waals surface area contributed by atoms with Crippen LogP contribution < -0.4 is 5.32 Å². The van der Waals surface area contributed by atoms with Crippen molar-refractivity contribution in [2.75, 3.05) is 0 Å². The number of aryl methyl sites for hydroxylation is 2. The number of aromatic nitrogens is 2. The minimum atomic E-state index is 0.457. The summed E-state index contributed by atoms with van der Waals surface area (Å²) in [6.07, 6.45) is 5.65. The third kappa shape index (κ3) is 2.56. The quantitative estimate of drug-likeness (QED) is 0.914. The van der Waals surface area contributed by atoms with E-state index in [1.54, 1.807) is 0 Å². The van der Waals surface area contributed by atoms with E-state index >= 15 is 0 Å². The van der Waals surface area contributed by atoms with Crippen molar-refractivity contribution < 1.29 is 0 Å². The van der Waals surface area contributed by atoms with Gasteiger partial charge in [0.1, 0.15) is 0 Å². The molecule has 0 amide bonds. The van der Waals surface area contributed by atoms with Gasteiger partial charge in [0.25, 0.3) is 0 Å². The van der Waals surface area contributed by atoms with E-state index in [-0.39, 0.29) is 0 Å². The summed E-state index contributed by atoms with van der Waals surface area (Å²) in [5, 5.41) is 8.07. The number of nitrogens with zero attached hydrogens (tertiary/aromatic N) is 2. The van der Waals surface area contributed by atoms with E-state index in [0.29, 0.717) is 6.04 Å². The smallest absolute Gasteiger partial charge is 0.0540 e. The maximum absolute atomic E-state index is 4.39. The highest BCUT2D eigenvalue weighted by molar-refractivity contribution is 5.26. The molecule has 0 bridgehead atoms. The molecule has 3 heteroatoms. The molecular formula is C16H21N3. The summed E-state index contributed by atoms with van der Waals surface area (Å²) >= 11 is 0. The van der Waals surface area contributed by atoms with Crippen molar-refractivity contribution in [3.63, 3.8) is 0 Å². The SMILES string of the molecule is Cc1ccc(CNC2CCCc3c2cnn3C)cc1. The first-order chi connectivity index (χ1) is 9.24. The van der Waals surface area contributed by atoms with Gasteiger partial charge in [-0.05, 0) is 31.7 Å². The van der Waals surface area contributed by atoms with Crippen molar-refractivity contribution in [2.24, 2.45) is 7.05 Å². The fourth-order valence-corrected chi connectivity index (χ4v) is 2.87. The highest BCUT2D eigenvalue weighted by atomic mass is 15.3. The third-order valence-electron chi connectivity index (χ3n) is 4.05. The molecule has 1 aliphatic carbocycles. The van der Waals surface area contributed by atoms with E-state index in [9.17, 15) is 0 Å². The molecule has 2 aromatic rings. The van der Waals surface area contributed by atoms with Crippen molar-refractivity contribution >= 4 is 0 Å². The molecular weight excluding hydrogens is 234 g/mol. The summed E-state index contributed by atoms with van der Waals surface area (Å²) in [7, 11) is 2.04. The molecule has 0 fully saturated rings. The molecule has 1 aromatic heterocycles. The Kier molecular flexibility index (Phi) is 3.38. The number of rotatable bonds is 3. The summed E-state index contributed by atoms with van der Waals surface area (Å²) < 4.78 is 2.02. The summed E-state index contributed by atoms with van der Waals surface area (Å²) in [4.78, 5) is 0. The monoisotopic (exact) mass is 255 g/mol. The fourth-order valence-electron chi connectivity index (χ4n) is 2.87. The zero-order valence-corrected chi connectivity index (χ0v) is 11.7. The Bertz CT molecular complexity index is 554. The summed E-state index contributed by atoms with van der Waals surface area (Å²) in [5.74, 6) is 0. The highest BCUT2D eigenvalue weighted by Crippen LogP contribution is 2.29. The summed E-state index contributed by atoms with van der Waals surface area (Å²) in [6, 6.07) is 9.21. The average molecular weight is 255 g/mol. The Morgan fingerprint density at radius 2 is 2.11 bits per heavy atom. The van der Waals surface area contributed by atoms with Gasteiger partial charge in [0.05, 0.1) is 6.20 Å². The van der Waals surface area contributed by atoms with Crippen LogP contribution in [0.2, 0.25) is 0 Å². The Morgan fingerprint density at radius 1 is 1.32 bits per heavy atom. The predicted octanol–water partition coefficient (Wildman–Crippen LogP) is 2.90. The molecule has 0 saturated carbocycles. The van der Waals surface area contributed by atoms with Crippen molar-refractivity contribution in [1.82, 2.24) is 15.1 Å². The lowest BCUT2D eigenvalue weighted by molar-refractivity contribution is 0.452. The van der Waals surface area contributed by atoms with Crippen LogP contribution in [0.1, 0.15) is 41.3 Å². The standard InChI is InChI=1S/C16H21N3/c1-12-6-8-13(9-7-12)10-17-15-4-3-5-16-14(15)11-18-19(16)2/h6-9,11,15,17H,3-5,10H2,1-2H3. The Balaban J connectivity index is 1.69. The van der Waals surface area contributed by atoms with Gasteiger partial charge in [-0.2, -0.15) is 5.10 Å². The first-order valence-corrected chi connectivity index (χ1v) is 7.04. The minimum absolute atomic E-state index is 0.457. The van der Waals surface area contributed by atoms with Crippen LogP contribution >= 0.6 is 0 Å². The van der Waals surface area contributed by atoms with E-state index in [1.807, 2.05) is 17.9 Å². The molecule has 0 aliphatic heterocycles. The van der Waals surface area contributed by atoms with Gasteiger partial charge < -0.3 is 5.32 Å². The van der Waals surface area contributed by atoms with Crippen molar-refractivity contribution in [3.8, 4) is 0 Å². The van der Waals surface area contributed by atoms with E-state index in [4.69, 9.17) is 0 Å². The summed E-state index contributed by atoms with van der Waals surface area (Å²) in [5.41, 5.74) is 5.45. The van der Waals surface area contributed by atoms with Crippen LogP contribution in [0, 0.1) is 6.92 Å². The lowest BCUT2D eigenvalue weighted by atomic mass is 9.93. The topological polar surface area (TPSA) is 29.9 Å². The van der Waals surface area contributed by atoms with Gasteiger partial charge in [-0.15, -0.1) is 0 Å². The zero-order valence-electron chi connectivity index (χ0n) is 11.7. The van der Waals surface area contributed by atoms with Gasteiger partial charge in [-0.3, -0.25) is 4.68 Å². The molecule has 0 saturated heterocycles. The number of hydrogen-bond acceptors (Lipinski definition) is 2.